The standard InChI is InChI=1S/C24H27NO3/c26-15-23-14-18(16-8-2-1-3-9-16)24(13-7-6-12-20(24)27)21(23)17-10-4-5-11-19(17)25-22(23)28/h1-5,8-11,18,20-21,26-27H,6-7,12-15H2,(H,25,28)/t18-,20+,21+,23-,24-/m0/s1. The van der Waals surface area contributed by atoms with Crippen molar-refractivity contribution in [2.24, 2.45) is 10.8 Å². The average Bonchev–Trinajstić information content (AvgIpc) is 3.04. The molecule has 1 aliphatic heterocycles. The molecule has 0 unspecified atom stereocenters. The molecule has 2 aromatic carbocycles. The van der Waals surface area contributed by atoms with Crippen molar-refractivity contribution in [2.75, 3.05) is 11.9 Å². The molecule has 1 amide bonds. The van der Waals surface area contributed by atoms with Gasteiger partial charge in [-0.3, -0.25) is 4.79 Å². The van der Waals surface area contributed by atoms with Crippen LogP contribution in [0.25, 0.3) is 0 Å². The normalized spacial score (nSPS) is 36.6. The van der Waals surface area contributed by atoms with E-state index in [-0.39, 0.29) is 24.3 Å². The van der Waals surface area contributed by atoms with Gasteiger partial charge in [0.05, 0.1) is 18.1 Å². The van der Waals surface area contributed by atoms with Crippen LogP contribution in [0, 0.1) is 10.8 Å². The maximum atomic E-state index is 13.3. The second-order valence-electron chi connectivity index (χ2n) is 8.83. The Morgan fingerprint density at radius 1 is 1.04 bits per heavy atom. The molecule has 2 saturated carbocycles. The van der Waals surface area contributed by atoms with Crippen molar-refractivity contribution in [1.82, 2.24) is 0 Å². The molecule has 1 spiro atoms. The summed E-state index contributed by atoms with van der Waals surface area (Å²) in [5, 5.41) is 25.1. The minimum Gasteiger partial charge on any atom is -0.395 e. The van der Waals surface area contributed by atoms with Gasteiger partial charge in [0, 0.05) is 17.0 Å². The Hall–Kier alpha value is -2.17. The van der Waals surface area contributed by atoms with Crippen LogP contribution in [0.5, 0.6) is 0 Å². The fourth-order valence-corrected chi connectivity index (χ4v) is 6.60. The quantitative estimate of drug-likeness (QED) is 0.745. The Balaban J connectivity index is 1.78. The maximum absolute atomic E-state index is 13.3. The number of carbonyl (C=O) groups excluding carboxylic acids is 1. The highest BCUT2D eigenvalue weighted by Crippen LogP contribution is 2.71. The Labute approximate surface area is 165 Å². The van der Waals surface area contributed by atoms with E-state index in [0.29, 0.717) is 6.42 Å². The van der Waals surface area contributed by atoms with Gasteiger partial charge in [0.1, 0.15) is 0 Å². The zero-order chi connectivity index (χ0) is 19.4. The van der Waals surface area contributed by atoms with Gasteiger partial charge in [-0.1, -0.05) is 61.4 Å². The molecule has 3 N–H and O–H groups in total. The Morgan fingerprint density at radius 3 is 2.54 bits per heavy atom. The second kappa shape index (κ2) is 6.43. The number of para-hydroxylation sites is 1. The molecule has 5 atom stereocenters. The molecular formula is C24H27NO3. The van der Waals surface area contributed by atoms with E-state index in [0.717, 1.165) is 42.5 Å². The molecule has 1 heterocycles. The first kappa shape index (κ1) is 17.9. The van der Waals surface area contributed by atoms with E-state index in [1.165, 1.54) is 0 Å². The summed E-state index contributed by atoms with van der Waals surface area (Å²) in [6.45, 7) is -0.199. The first-order valence-electron chi connectivity index (χ1n) is 10.4. The molecule has 4 heteroatoms. The van der Waals surface area contributed by atoms with Crippen LogP contribution in [0.2, 0.25) is 0 Å². The van der Waals surface area contributed by atoms with E-state index in [2.05, 4.69) is 23.5 Å². The number of benzene rings is 2. The van der Waals surface area contributed by atoms with Gasteiger partial charge >= 0.3 is 0 Å². The molecule has 2 fully saturated rings. The number of amides is 1. The first-order chi connectivity index (χ1) is 13.6. The van der Waals surface area contributed by atoms with Gasteiger partial charge < -0.3 is 15.5 Å². The van der Waals surface area contributed by atoms with Crippen molar-refractivity contribution in [1.29, 1.82) is 0 Å². The summed E-state index contributed by atoms with van der Waals surface area (Å²) in [6, 6.07) is 18.2. The third-order valence-electron chi connectivity index (χ3n) is 7.72. The Morgan fingerprint density at radius 2 is 1.79 bits per heavy atom. The van der Waals surface area contributed by atoms with Crippen LogP contribution in [0.1, 0.15) is 55.1 Å². The summed E-state index contributed by atoms with van der Waals surface area (Å²) in [6.07, 6.45) is 3.77. The number of aliphatic hydroxyl groups is 2. The van der Waals surface area contributed by atoms with Gasteiger partial charge in [-0.2, -0.15) is 0 Å². The largest absolute Gasteiger partial charge is 0.395 e. The van der Waals surface area contributed by atoms with E-state index >= 15 is 0 Å². The monoisotopic (exact) mass is 377 g/mol. The third-order valence-corrected chi connectivity index (χ3v) is 7.72. The Kier molecular flexibility index (Phi) is 4.11. The molecule has 0 radical (unpaired) electrons. The van der Waals surface area contributed by atoms with Gasteiger partial charge in [-0.05, 0) is 42.4 Å². The highest BCUT2D eigenvalue weighted by molar-refractivity contribution is 6.00. The molecular weight excluding hydrogens is 350 g/mol. The third kappa shape index (κ3) is 2.22. The molecule has 0 saturated heterocycles. The average molecular weight is 377 g/mol. The van der Waals surface area contributed by atoms with Crippen molar-refractivity contribution < 1.29 is 15.0 Å². The predicted molar refractivity (Wildman–Crippen MR) is 108 cm³/mol. The first-order valence-corrected chi connectivity index (χ1v) is 10.4. The zero-order valence-electron chi connectivity index (χ0n) is 16.0. The molecule has 3 aliphatic rings. The summed E-state index contributed by atoms with van der Waals surface area (Å²) in [7, 11) is 0. The molecule has 2 aromatic rings. The number of hydrogen-bond donors (Lipinski definition) is 3. The molecule has 0 bridgehead atoms. The van der Waals surface area contributed by atoms with Crippen LogP contribution in [0.3, 0.4) is 0 Å². The van der Waals surface area contributed by atoms with Crippen LogP contribution in [-0.4, -0.2) is 28.8 Å². The van der Waals surface area contributed by atoms with Crippen molar-refractivity contribution >= 4 is 11.6 Å². The SMILES string of the molecule is O=C1Nc2ccccc2[C@@H]2[C@@]1(CO)C[C@@H](c1ccccc1)[C@]21CCCC[C@H]1O. The fourth-order valence-electron chi connectivity index (χ4n) is 6.60. The zero-order valence-corrected chi connectivity index (χ0v) is 16.0. The number of carbonyl (C=O) groups is 1. The summed E-state index contributed by atoms with van der Waals surface area (Å²) in [4.78, 5) is 13.3. The molecule has 5 rings (SSSR count). The topological polar surface area (TPSA) is 69.6 Å². The van der Waals surface area contributed by atoms with Gasteiger partial charge in [0.2, 0.25) is 5.91 Å². The lowest BCUT2D eigenvalue weighted by Crippen LogP contribution is -2.52. The molecule has 28 heavy (non-hydrogen) atoms. The van der Waals surface area contributed by atoms with Gasteiger partial charge in [-0.25, -0.2) is 0 Å². The van der Waals surface area contributed by atoms with Gasteiger partial charge in [0.15, 0.2) is 0 Å². The van der Waals surface area contributed by atoms with Gasteiger partial charge in [0.25, 0.3) is 0 Å². The Bertz CT molecular complexity index is 898. The maximum Gasteiger partial charge on any atom is 0.233 e. The van der Waals surface area contributed by atoms with Gasteiger partial charge in [-0.15, -0.1) is 0 Å². The highest BCUT2D eigenvalue weighted by Gasteiger charge is 2.69. The lowest BCUT2D eigenvalue weighted by Gasteiger charge is -2.51. The highest BCUT2D eigenvalue weighted by atomic mass is 16.3. The lowest BCUT2D eigenvalue weighted by molar-refractivity contribution is -0.132. The molecule has 4 nitrogen and oxygen atoms in total. The van der Waals surface area contributed by atoms with E-state index < -0.39 is 16.9 Å². The van der Waals surface area contributed by atoms with Crippen molar-refractivity contribution in [2.45, 2.75) is 50.0 Å². The number of aliphatic hydroxyl groups excluding tert-OH is 2. The van der Waals surface area contributed by atoms with Crippen LogP contribution < -0.4 is 5.32 Å². The van der Waals surface area contributed by atoms with Crippen LogP contribution >= 0.6 is 0 Å². The number of rotatable bonds is 2. The molecule has 146 valence electrons. The minimum absolute atomic E-state index is 0.0399. The van der Waals surface area contributed by atoms with Crippen molar-refractivity contribution in [3.05, 3.63) is 65.7 Å². The smallest absolute Gasteiger partial charge is 0.233 e. The van der Waals surface area contributed by atoms with E-state index in [9.17, 15) is 15.0 Å². The van der Waals surface area contributed by atoms with E-state index in [4.69, 9.17) is 0 Å². The summed E-state index contributed by atoms with van der Waals surface area (Å²) >= 11 is 0. The number of fused-ring (bicyclic) bond motifs is 4. The number of hydrogen-bond acceptors (Lipinski definition) is 3. The predicted octanol–water partition coefficient (Wildman–Crippen LogP) is 3.81. The van der Waals surface area contributed by atoms with Crippen LogP contribution in [0.4, 0.5) is 5.69 Å². The lowest BCUT2D eigenvalue weighted by atomic mass is 9.55. The number of anilines is 1. The molecule has 0 aromatic heterocycles. The van der Waals surface area contributed by atoms with E-state index in [1.807, 2.05) is 36.4 Å². The second-order valence-corrected chi connectivity index (χ2v) is 8.83. The number of nitrogens with one attached hydrogen (secondary N) is 1. The van der Waals surface area contributed by atoms with Crippen molar-refractivity contribution in [3.63, 3.8) is 0 Å². The summed E-state index contributed by atoms with van der Waals surface area (Å²) in [5.74, 6) is -0.247. The summed E-state index contributed by atoms with van der Waals surface area (Å²) in [5.41, 5.74) is 1.72. The van der Waals surface area contributed by atoms with Crippen molar-refractivity contribution in [3.8, 4) is 0 Å². The van der Waals surface area contributed by atoms with Crippen LogP contribution in [-0.2, 0) is 4.79 Å². The van der Waals surface area contributed by atoms with Crippen LogP contribution in [0.15, 0.2) is 54.6 Å². The van der Waals surface area contributed by atoms with E-state index in [1.54, 1.807) is 0 Å². The fraction of sp³-hybridized carbons (Fsp3) is 0.458. The minimum atomic E-state index is -0.896. The molecule has 2 aliphatic carbocycles. The summed E-state index contributed by atoms with van der Waals surface area (Å²) < 4.78 is 0.